The van der Waals surface area contributed by atoms with Gasteiger partial charge in [-0.15, -0.1) is 0 Å². The number of amides is 1. The zero-order chi connectivity index (χ0) is 21.3. The van der Waals surface area contributed by atoms with Gasteiger partial charge in [-0.05, 0) is 42.3 Å². The van der Waals surface area contributed by atoms with Crippen molar-refractivity contribution in [2.24, 2.45) is 5.92 Å². The number of nitrogens with zero attached hydrogens (tertiary/aromatic N) is 2. The molecule has 3 unspecified atom stereocenters. The zero-order valence-corrected chi connectivity index (χ0v) is 17.4. The van der Waals surface area contributed by atoms with Gasteiger partial charge in [-0.1, -0.05) is 29.3 Å². The number of hydrogen-bond acceptors (Lipinski definition) is 3. The number of pyridine rings is 1. The van der Waals surface area contributed by atoms with Crippen LogP contribution in [0.3, 0.4) is 0 Å². The molecule has 10 heteroatoms. The first-order valence-corrected chi connectivity index (χ1v) is 9.79. The van der Waals surface area contributed by atoms with Crippen LogP contribution in [-0.2, 0) is 6.18 Å². The van der Waals surface area contributed by atoms with E-state index in [9.17, 15) is 18.0 Å². The lowest BCUT2D eigenvalue weighted by Gasteiger charge is -2.25. The summed E-state index contributed by atoms with van der Waals surface area (Å²) in [5.41, 5.74) is 0.00612. The van der Waals surface area contributed by atoms with E-state index < -0.39 is 23.2 Å². The molecule has 3 atom stereocenters. The van der Waals surface area contributed by atoms with Gasteiger partial charge in [0, 0.05) is 37.2 Å². The van der Waals surface area contributed by atoms with E-state index in [2.05, 4.69) is 4.98 Å². The Bertz CT molecular complexity index is 893. The summed E-state index contributed by atoms with van der Waals surface area (Å²) in [6.45, 7) is 2.46. The zero-order valence-electron chi connectivity index (χ0n) is 15.1. The van der Waals surface area contributed by atoms with Crippen LogP contribution < -0.4 is 4.74 Å². The molecule has 0 radical (unpaired) electrons. The number of rotatable bonds is 4. The average Bonchev–Trinajstić information content (AvgIpc) is 3.09. The molecular weight excluding hydrogens is 452 g/mol. The lowest BCUT2D eigenvalue weighted by atomic mass is 9.86. The molecule has 156 valence electrons. The number of benzene rings is 1. The molecule has 2 aromatic rings. The van der Waals surface area contributed by atoms with Crippen molar-refractivity contribution in [3.63, 3.8) is 0 Å². The van der Waals surface area contributed by atoms with Crippen molar-refractivity contribution in [2.75, 3.05) is 13.1 Å². The maximum Gasteiger partial charge on any atom is 0.417 e. The minimum absolute atomic E-state index is 0.0639. The molecule has 2 heterocycles. The molecule has 3 rings (SSSR count). The molecule has 1 saturated heterocycles. The number of alkyl halides is 3. The van der Waals surface area contributed by atoms with E-state index >= 15 is 0 Å². The lowest BCUT2D eigenvalue weighted by Crippen LogP contribution is -2.30. The largest absolute Gasteiger partial charge is 0.474 e. The Hall–Kier alpha value is -1.70. The molecule has 1 aromatic heterocycles. The first-order chi connectivity index (χ1) is 13.6. The number of ether oxygens (including phenoxy) is 1. The van der Waals surface area contributed by atoms with Gasteiger partial charge in [0.15, 0.2) is 0 Å². The molecule has 1 aromatic carbocycles. The standard InChI is InChI=1S/C19H16Cl3F3N2O2/c1-10(29-17-5-3-12(7-26-17)19(23,24)25)13-8-27(18(22)28)9-14(13)11-2-4-15(20)16(21)6-11/h2-7,10,13-14H,8-9H2,1H3. The summed E-state index contributed by atoms with van der Waals surface area (Å²) in [6.07, 6.45) is -4.20. The molecule has 0 aliphatic carbocycles. The smallest absolute Gasteiger partial charge is 0.417 e. The second-order valence-electron chi connectivity index (χ2n) is 6.81. The summed E-state index contributed by atoms with van der Waals surface area (Å²) >= 11 is 17.8. The van der Waals surface area contributed by atoms with E-state index in [1.807, 2.05) is 6.07 Å². The van der Waals surface area contributed by atoms with E-state index in [0.29, 0.717) is 23.1 Å². The molecule has 0 spiro atoms. The number of carbonyl (C=O) groups excluding carboxylic acids is 1. The highest BCUT2D eigenvalue weighted by atomic mass is 35.5. The third-order valence-corrected chi connectivity index (χ3v) is 5.94. The van der Waals surface area contributed by atoms with Crippen molar-refractivity contribution in [3.05, 3.63) is 57.7 Å². The topological polar surface area (TPSA) is 42.4 Å². The molecule has 1 aliphatic heterocycles. The summed E-state index contributed by atoms with van der Waals surface area (Å²) in [5, 5.41) is 0.211. The Morgan fingerprint density at radius 3 is 2.48 bits per heavy atom. The van der Waals surface area contributed by atoms with Crippen LogP contribution in [0.2, 0.25) is 10.0 Å². The van der Waals surface area contributed by atoms with Crippen molar-refractivity contribution < 1.29 is 22.7 Å². The number of halogens is 6. The van der Waals surface area contributed by atoms with Gasteiger partial charge < -0.3 is 9.64 Å². The van der Waals surface area contributed by atoms with Crippen LogP contribution in [0.4, 0.5) is 18.0 Å². The first kappa shape index (κ1) is 22.0. The summed E-state index contributed by atoms with van der Waals surface area (Å²) in [6, 6.07) is 7.30. The molecule has 1 aliphatic rings. The van der Waals surface area contributed by atoms with E-state index in [1.54, 1.807) is 19.1 Å². The molecule has 1 amide bonds. The molecule has 4 nitrogen and oxygen atoms in total. The second-order valence-corrected chi connectivity index (χ2v) is 7.95. The van der Waals surface area contributed by atoms with Crippen molar-refractivity contribution in [1.29, 1.82) is 0 Å². The highest BCUT2D eigenvalue weighted by Crippen LogP contribution is 2.38. The van der Waals surface area contributed by atoms with Crippen LogP contribution in [-0.4, -0.2) is 34.4 Å². The monoisotopic (exact) mass is 466 g/mol. The minimum Gasteiger partial charge on any atom is -0.474 e. The quantitative estimate of drug-likeness (QED) is 0.394. The fourth-order valence-corrected chi connectivity index (χ4v) is 3.88. The highest BCUT2D eigenvalue weighted by molar-refractivity contribution is 6.62. The van der Waals surface area contributed by atoms with Crippen molar-refractivity contribution in [1.82, 2.24) is 9.88 Å². The predicted molar refractivity (Wildman–Crippen MR) is 105 cm³/mol. The third-order valence-electron chi connectivity index (χ3n) is 4.96. The van der Waals surface area contributed by atoms with Crippen LogP contribution >= 0.6 is 34.8 Å². The van der Waals surface area contributed by atoms with Crippen LogP contribution in [0.5, 0.6) is 5.88 Å². The van der Waals surface area contributed by atoms with E-state index in [-0.39, 0.29) is 17.7 Å². The Morgan fingerprint density at radius 1 is 1.21 bits per heavy atom. The van der Waals surface area contributed by atoms with E-state index in [1.165, 1.54) is 11.0 Å². The number of hydrogen-bond donors (Lipinski definition) is 0. The lowest BCUT2D eigenvalue weighted by molar-refractivity contribution is -0.137. The Labute approximate surface area is 180 Å². The molecule has 1 fully saturated rings. The normalized spacial score (nSPS) is 20.6. The average molecular weight is 468 g/mol. The second kappa shape index (κ2) is 8.58. The summed E-state index contributed by atoms with van der Waals surface area (Å²) in [7, 11) is 0. The van der Waals surface area contributed by atoms with Crippen molar-refractivity contribution in [2.45, 2.75) is 25.1 Å². The van der Waals surface area contributed by atoms with Gasteiger partial charge in [0.2, 0.25) is 5.88 Å². The van der Waals surface area contributed by atoms with Crippen LogP contribution in [0, 0.1) is 5.92 Å². The summed E-state index contributed by atoms with van der Waals surface area (Å²) in [4.78, 5) is 16.9. The molecule has 0 bridgehead atoms. The predicted octanol–water partition coefficient (Wildman–Crippen LogP) is 6.25. The summed E-state index contributed by atoms with van der Waals surface area (Å²) < 4.78 is 43.9. The van der Waals surface area contributed by atoms with E-state index in [0.717, 1.165) is 17.8 Å². The number of aromatic nitrogens is 1. The summed E-state index contributed by atoms with van der Waals surface area (Å²) in [5.74, 6) is -0.259. The fraction of sp³-hybridized carbons (Fsp3) is 0.368. The molecular formula is C19H16Cl3F3N2O2. The maximum atomic E-state index is 12.7. The van der Waals surface area contributed by atoms with Gasteiger partial charge in [-0.2, -0.15) is 13.2 Å². The van der Waals surface area contributed by atoms with Crippen LogP contribution in [0.1, 0.15) is 24.0 Å². The van der Waals surface area contributed by atoms with Crippen molar-refractivity contribution >= 4 is 40.2 Å². The van der Waals surface area contributed by atoms with Crippen molar-refractivity contribution in [3.8, 4) is 5.88 Å². The Kier molecular flexibility index (Phi) is 6.51. The van der Waals surface area contributed by atoms with Crippen LogP contribution in [0.15, 0.2) is 36.5 Å². The number of carbonyl (C=O) groups is 1. The number of likely N-dealkylation sites (tertiary alicyclic amines) is 1. The van der Waals surface area contributed by atoms with Crippen LogP contribution in [0.25, 0.3) is 0 Å². The maximum absolute atomic E-state index is 12.7. The van der Waals surface area contributed by atoms with E-state index in [4.69, 9.17) is 39.5 Å². The molecule has 0 N–H and O–H groups in total. The molecule has 0 saturated carbocycles. The van der Waals surface area contributed by atoms with Gasteiger partial charge in [0.25, 0.3) is 0 Å². The van der Waals surface area contributed by atoms with Gasteiger partial charge in [0.1, 0.15) is 6.10 Å². The van der Waals surface area contributed by atoms with Gasteiger partial charge >= 0.3 is 11.5 Å². The highest BCUT2D eigenvalue weighted by Gasteiger charge is 2.40. The van der Waals surface area contributed by atoms with Gasteiger partial charge in [0.05, 0.1) is 15.6 Å². The third kappa shape index (κ3) is 5.08. The SMILES string of the molecule is CC(Oc1ccc(C(F)(F)F)cn1)C1CN(C(=O)Cl)CC1c1ccc(Cl)c(Cl)c1. The Balaban J connectivity index is 1.81. The Morgan fingerprint density at radius 2 is 1.93 bits per heavy atom. The van der Waals surface area contributed by atoms with Gasteiger partial charge in [-0.25, -0.2) is 4.98 Å². The first-order valence-electron chi connectivity index (χ1n) is 8.65. The molecule has 29 heavy (non-hydrogen) atoms. The van der Waals surface area contributed by atoms with Gasteiger partial charge in [-0.3, -0.25) is 4.79 Å². The fourth-order valence-electron chi connectivity index (χ4n) is 3.44. The minimum atomic E-state index is -4.47.